The topological polar surface area (TPSA) is 83.7 Å². The smallest absolute Gasteiger partial charge is 0.269 e. The number of benzene rings is 1. The zero-order chi connectivity index (χ0) is 13.3. The predicted molar refractivity (Wildman–Crippen MR) is 65.5 cm³/mol. The number of hydrogen-bond acceptors (Lipinski definition) is 4. The maximum atomic E-state index is 11.8. The lowest BCUT2D eigenvalue weighted by Gasteiger charge is -2.30. The molecule has 18 heavy (non-hydrogen) atoms. The molecule has 1 N–H and O–H groups in total. The van der Waals surface area contributed by atoms with E-state index >= 15 is 0 Å². The number of β-amino-alcohol motifs (C(OH)–C–C–N with tert-alkyl or cyclic N) is 1. The quantitative estimate of drug-likeness (QED) is 0.646. The van der Waals surface area contributed by atoms with Crippen molar-refractivity contribution >= 4 is 17.3 Å². The number of nitro benzene ring substituents is 1. The Kier molecular flexibility index (Phi) is 3.29. The summed E-state index contributed by atoms with van der Waals surface area (Å²) in [6.07, 6.45) is 0.197. The molecule has 1 aromatic carbocycles. The first-order valence-corrected chi connectivity index (χ1v) is 5.75. The molecule has 0 spiro atoms. The van der Waals surface area contributed by atoms with Crippen LogP contribution in [-0.4, -0.2) is 28.6 Å². The molecule has 0 fully saturated rings. The number of aliphatic hydroxyl groups excluding tert-OH is 1. The molecule has 1 aliphatic rings. The van der Waals surface area contributed by atoms with Gasteiger partial charge >= 0.3 is 0 Å². The molecule has 96 valence electrons. The van der Waals surface area contributed by atoms with Crippen molar-refractivity contribution in [3.05, 3.63) is 33.9 Å². The summed E-state index contributed by atoms with van der Waals surface area (Å²) in [5, 5.41) is 20.1. The van der Waals surface area contributed by atoms with Gasteiger partial charge in [0.1, 0.15) is 0 Å². The van der Waals surface area contributed by atoms with E-state index in [2.05, 4.69) is 0 Å². The summed E-state index contributed by atoms with van der Waals surface area (Å²) < 4.78 is 0. The van der Waals surface area contributed by atoms with Gasteiger partial charge < -0.3 is 10.0 Å². The second kappa shape index (κ2) is 4.73. The number of non-ortho nitro benzene ring substituents is 1. The highest BCUT2D eigenvalue weighted by Crippen LogP contribution is 2.31. The van der Waals surface area contributed by atoms with Crippen LogP contribution in [-0.2, 0) is 11.2 Å². The van der Waals surface area contributed by atoms with Gasteiger partial charge in [-0.1, -0.05) is 0 Å². The fourth-order valence-corrected chi connectivity index (χ4v) is 2.12. The van der Waals surface area contributed by atoms with Crippen molar-refractivity contribution in [3.63, 3.8) is 0 Å². The first kappa shape index (κ1) is 12.5. The van der Waals surface area contributed by atoms with E-state index in [-0.39, 0.29) is 18.1 Å². The molecule has 0 aliphatic carbocycles. The van der Waals surface area contributed by atoms with Gasteiger partial charge in [0.05, 0.1) is 17.6 Å². The normalized spacial score (nSPS) is 16.3. The minimum atomic E-state index is -0.630. The van der Waals surface area contributed by atoms with Gasteiger partial charge in [0, 0.05) is 24.2 Å². The molecule has 6 nitrogen and oxygen atoms in total. The SMILES string of the molecule is CC(O)CN1C(=O)CCc2cc([N+](=O)[O-])ccc21. The lowest BCUT2D eigenvalue weighted by atomic mass is 10.00. The molecule has 0 aromatic heterocycles. The van der Waals surface area contributed by atoms with Gasteiger partial charge in [-0.3, -0.25) is 14.9 Å². The van der Waals surface area contributed by atoms with Crippen LogP contribution >= 0.6 is 0 Å². The number of nitro groups is 1. The van der Waals surface area contributed by atoms with Gasteiger partial charge in [0.15, 0.2) is 0 Å². The second-order valence-corrected chi connectivity index (χ2v) is 4.42. The summed E-state index contributed by atoms with van der Waals surface area (Å²) in [5.74, 6) is -0.0581. The van der Waals surface area contributed by atoms with Gasteiger partial charge in [-0.2, -0.15) is 0 Å². The molecule has 1 unspecified atom stereocenters. The zero-order valence-corrected chi connectivity index (χ0v) is 10.00. The van der Waals surface area contributed by atoms with E-state index in [0.29, 0.717) is 18.5 Å². The summed E-state index contributed by atoms with van der Waals surface area (Å²) in [5.41, 5.74) is 1.47. The van der Waals surface area contributed by atoms with Crippen molar-refractivity contribution in [2.45, 2.75) is 25.9 Å². The van der Waals surface area contributed by atoms with Crippen molar-refractivity contribution in [2.24, 2.45) is 0 Å². The maximum Gasteiger partial charge on any atom is 0.269 e. The molecule has 1 atom stereocenters. The minimum Gasteiger partial charge on any atom is -0.392 e. The lowest BCUT2D eigenvalue weighted by Crippen LogP contribution is -2.39. The highest BCUT2D eigenvalue weighted by atomic mass is 16.6. The molecule has 6 heteroatoms. The minimum absolute atomic E-state index is 0.0279. The van der Waals surface area contributed by atoms with E-state index in [4.69, 9.17) is 0 Å². The standard InChI is InChI=1S/C12H14N2O4/c1-8(15)7-13-11-4-3-10(14(17)18)6-9(11)2-5-12(13)16/h3-4,6,8,15H,2,5,7H2,1H3. The van der Waals surface area contributed by atoms with Crippen LogP contribution in [0.1, 0.15) is 18.9 Å². The third-order valence-corrected chi connectivity index (χ3v) is 2.92. The monoisotopic (exact) mass is 250 g/mol. The summed E-state index contributed by atoms with van der Waals surface area (Å²) >= 11 is 0. The largest absolute Gasteiger partial charge is 0.392 e. The van der Waals surface area contributed by atoms with Crippen molar-refractivity contribution < 1.29 is 14.8 Å². The van der Waals surface area contributed by atoms with Crippen molar-refractivity contribution in [2.75, 3.05) is 11.4 Å². The van der Waals surface area contributed by atoms with Gasteiger partial charge in [-0.25, -0.2) is 0 Å². The Hall–Kier alpha value is -1.95. The molecule has 1 heterocycles. The van der Waals surface area contributed by atoms with E-state index in [9.17, 15) is 20.0 Å². The maximum absolute atomic E-state index is 11.8. The summed E-state index contributed by atoms with van der Waals surface area (Å²) in [6, 6.07) is 4.45. The molecule has 1 aliphatic heterocycles. The van der Waals surface area contributed by atoms with E-state index < -0.39 is 11.0 Å². The molecule has 2 rings (SSSR count). The Labute approximate surface area is 104 Å². The van der Waals surface area contributed by atoms with Gasteiger partial charge in [0.2, 0.25) is 5.91 Å². The average molecular weight is 250 g/mol. The first-order chi connectivity index (χ1) is 8.49. The van der Waals surface area contributed by atoms with Crippen LogP contribution in [0.15, 0.2) is 18.2 Å². The Morgan fingerprint density at radius 2 is 2.22 bits per heavy atom. The number of aryl methyl sites for hydroxylation is 1. The fourth-order valence-electron chi connectivity index (χ4n) is 2.12. The van der Waals surface area contributed by atoms with Crippen LogP contribution in [0.4, 0.5) is 11.4 Å². The second-order valence-electron chi connectivity index (χ2n) is 4.42. The number of fused-ring (bicyclic) bond motifs is 1. The fraction of sp³-hybridized carbons (Fsp3) is 0.417. The molecular weight excluding hydrogens is 236 g/mol. The Balaban J connectivity index is 2.38. The predicted octanol–water partition coefficient (Wildman–Crippen LogP) is 1.25. The van der Waals surface area contributed by atoms with Crippen LogP contribution in [0.5, 0.6) is 0 Å². The highest BCUT2D eigenvalue weighted by Gasteiger charge is 2.26. The Morgan fingerprint density at radius 3 is 2.83 bits per heavy atom. The number of hydrogen-bond donors (Lipinski definition) is 1. The van der Waals surface area contributed by atoms with E-state index in [1.54, 1.807) is 13.0 Å². The molecule has 0 radical (unpaired) electrons. The van der Waals surface area contributed by atoms with E-state index in [1.165, 1.54) is 17.0 Å². The Morgan fingerprint density at radius 1 is 1.50 bits per heavy atom. The zero-order valence-electron chi connectivity index (χ0n) is 10.00. The third-order valence-electron chi connectivity index (χ3n) is 2.92. The van der Waals surface area contributed by atoms with Crippen molar-refractivity contribution in [1.82, 2.24) is 0 Å². The van der Waals surface area contributed by atoms with Crippen molar-refractivity contribution in [3.8, 4) is 0 Å². The first-order valence-electron chi connectivity index (χ1n) is 5.75. The van der Waals surface area contributed by atoms with Crippen LogP contribution < -0.4 is 4.90 Å². The number of anilines is 1. The van der Waals surface area contributed by atoms with Crippen LogP contribution in [0.2, 0.25) is 0 Å². The summed E-state index contributed by atoms with van der Waals surface area (Å²) in [4.78, 5) is 23.5. The summed E-state index contributed by atoms with van der Waals surface area (Å²) in [6.45, 7) is 1.82. The number of carbonyl (C=O) groups excluding carboxylic acids is 1. The van der Waals surface area contributed by atoms with Gasteiger partial charge in [-0.05, 0) is 25.0 Å². The molecule has 0 saturated carbocycles. The van der Waals surface area contributed by atoms with Crippen LogP contribution in [0.25, 0.3) is 0 Å². The number of nitrogens with zero attached hydrogens (tertiary/aromatic N) is 2. The van der Waals surface area contributed by atoms with E-state index in [1.807, 2.05) is 0 Å². The van der Waals surface area contributed by atoms with Gasteiger partial charge in [-0.15, -0.1) is 0 Å². The molecule has 1 aromatic rings. The van der Waals surface area contributed by atoms with E-state index in [0.717, 1.165) is 5.56 Å². The highest BCUT2D eigenvalue weighted by molar-refractivity contribution is 5.96. The number of rotatable bonds is 3. The summed E-state index contributed by atoms with van der Waals surface area (Å²) in [7, 11) is 0. The molecule has 1 amide bonds. The van der Waals surface area contributed by atoms with Crippen LogP contribution in [0.3, 0.4) is 0 Å². The van der Waals surface area contributed by atoms with Crippen LogP contribution in [0, 0.1) is 10.1 Å². The molecule has 0 bridgehead atoms. The van der Waals surface area contributed by atoms with Gasteiger partial charge in [0.25, 0.3) is 5.69 Å². The third kappa shape index (κ3) is 2.33. The number of carbonyl (C=O) groups is 1. The van der Waals surface area contributed by atoms with Crippen molar-refractivity contribution in [1.29, 1.82) is 0 Å². The molecular formula is C12H14N2O4. The average Bonchev–Trinajstić information content (AvgIpc) is 2.31. The Bertz CT molecular complexity index is 499. The number of amides is 1. The lowest BCUT2D eigenvalue weighted by molar-refractivity contribution is -0.384. The number of aliphatic hydroxyl groups is 1. The molecule has 0 saturated heterocycles.